The standard InChI is InChI=1S/C36H30N2O8/c1-35(2,3)45-25(39)15-37-31(41)21-11-7-17-19-9-13-23-30-24(34(44)38(33(23)43)16-26(40)46-36(4,5)6)14-10-20(28(19)30)18-8-12-22(32(37)42)29(21)27(17)18/h7-14H,15-16H2,1-6H3. The highest BCUT2D eigenvalue weighted by Gasteiger charge is 2.38. The minimum absolute atomic E-state index is 0.288. The van der Waals surface area contributed by atoms with E-state index in [0.29, 0.717) is 21.5 Å². The third-order valence-electron chi connectivity index (χ3n) is 8.22. The fourth-order valence-corrected chi connectivity index (χ4v) is 6.66. The fraction of sp³-hybridized carbons (Fsp3) is 0.278. The van der Waals surface area contributed by atoms with Gasteiger partial charge in [-0.25, -0.2) is 0 Å². The van der Waals surface area contributed by atoms with Crippen molar-refractivity contribution >= 4 is 78.7 Å². The van der Waals surface area contributed by atoms with Crippen molar-refractivity contribution in [2.24, 2.45) is 0 Å². The molecule has 0 saturated heterocycles. The number of rotatable bonds is 4. The van der Waals surface area contributed by atoms with Crippen molar-refractivity contribution in [3.8, 4) is 0 Å². The van der Waals surface area contributed by atoms with Gasteiger partial charge in [-0.3, -0.25) is 38.6 Å². The smallest absolute Gasteiger partial charge is 0.326 e. The highest BCUT2D eigenvalue weighted by molar-refractivity contribution is 6.41. The van der Waals surface area contributed by atoms with Crippen molar-refractivity contribution in [3.05, 3.63) is 70.8 Å². The van der Waals surface area contributed by atoms with E-state index in [0.717, 1.165) is 31.3 Å². The Bertz CT molecular complexity index is 1970. The summed E-state index contributed by atoms with van der Waals surface area (Å²) in [6.45, 7) is 9.23. The molecule has 4 amide bonds. The van der Waals surface area contributed by atoms with Gasteiger partial charge in [0.1, 0.15) is 24.3 Å². The van der Waals surface area contributed by atoms with Crippen LogP contribution in [0.25, 0.3) is 43.1 Å². The summed E-state index contributed by atoms with van der Waals surface area (Å²) in [7, 11) is 0. The van der Waals surface area contributed by atoms with Crippen LogP contribution >= 0.6 is 0 Å². The molecule has 0 radical (unpaired) electrons. The second-order valence-electron chi connectivity index (χ2n) is 13.7. The number of ether oxygens (including phenoxy) is 2. The fourth-order valence-electron chi connectivity index (χ4n) is 6.66. The Labute approximate surface area is 263 Å². The first-order valence-electron chi connectivity index (χ1n) is 14.9. The van der Waals surface area contributed by atoms with Crippen LogP contribution in [-0.2, 0) is 19.1 Å². The van der Waals surface area contributed by atoms with Crippen LogP contribution in [0, 0.1) is 0 Å². The second-order valence-corrected chi connectivity index (χ2v) is 13.7. The first-order valence-corrected chi connectivity index (χ1v) is 14.9. The van der Waals surface area contributed by atoms with Gasteiger partial charge in [0, 0.05) is 33.0 Å². The van der Waals surface area contributed by atoms with Gasteiger partial charge >= 0.3 is 11.9 Å². The van der Waals surface area contributed by atoms with Crippen molar-refractivity contribution in [3.63, 3.8) is 0 Å². The molecule has 2 heterocycles. The molecule has 0 unspecified atom stereocenters. The zero-order chi connectivity index (χ0) is 33.0. The Morgan fingerprint density at radius 1 is 0.478 bits per heavy atom. The van der Waals surface area contributed by atoms with Gasteiger partial charge in [0.25, 0.3) is 23.6 Å². The third kappa shape index (κ3) is 4.31. The molecular formula is C36H30N2O8. The van der Waals surface area contributed by atoms with Gasteiger partial charge in [-0.2, -0.15) is 0 Å². The predicted molar refractivity (Wildman–Crippen MR) is 170 cm³/mol. The summed E-state index contributed by atoms with van der Waals surface area (Å²) in [5.41, 5.74) is -0.408. The van der Waals surface area contributed by atoms with E-state index < -0.39 is 59.9 Å². The van der Waals surface area contributed by atoms with E-state index in [-0.39, 0.29) is 22.3 Å². The van der Waals surface area contributed by atoms with E-state index in [1.54, 1.807) is 90.1 Å². The molecular weight excluding hydrogens is 588 g/mol. The largest absolute Gasteiger partial charge is 0.459 e. The molecule has 0 N–H and O–H groups in total. The highest BCUT2D eigenvalue weighted by Crippen LogP contribution is 2.46. The predicted octanol–water partition coefficient (Wildman–Crippen LogP) is 5.61. The van der Waals surface area contributed by atoms with E-state index in [4.69, 9.17) is 9.47 Å². The van der Waals surface area contributed by atoms with Crippen molar-refractivity contribution in [1.29, 1.82) is 0 Å². The number of carbonyl (C=O) groups is 6. The molecule has 2 aliphatic heterocycles. The maximum Gasteiger partial charge on any atom is 0.326 e. The molecule has 0 fully saturated rings. The highest BCUT2D eigenvalue weighted by atomic mass is 16.6. The molecule has 0 atom stereocenters. The number of carbonyl (C=O) groups excluding carboxylic acids is 6. The Morgan fingerprint density at radius 2 is 0.739 bits per heavy atom. The lowest BCUT2D eigenvalue weighted by molar-refractivity contribution is -0.156. The lowest BCUT2D eigenvalue weighted by Crippen LogP contribution is -2.45. The van der Waals surface area contributed by atoms with Gasteiger partial charge in [0.15, 0.2) is 0 Å². The SMILES string of the molecule is CC(C)(C)OC(=O)CN1C(=O)c2ccc3c4ccc5c6c(ccc(c7ccc(c2c37)C1=O)c64)C(=O)N(CC(=O)OC(C)(C)C)C5=O. The Morgan fingerprint density at radius 3 is 0.978 bits per heavy atom. The lowest BCUT2D eigenvalue weighted by Gasteiger charge is -2.30. The van der Waals surface area contributed by atoms with Crippen molar-refractivity contribution in [2.75, 3.05) is 13.1 Å². The molecule has 46 heavy (non-hydrogen) atoms. The monoisotopic (exact) mass is 618 g/mol. The molecule has 5 aromatic rings. The van der Waals surface area contributed by atoms with Crippen LogP contribution in [0.2, 0.25) is 0 Å². The van der Waals surface area contributed by atoms with Crippen LogP contribution in [0.4, 0.5) is 0 Å². The number of benzene rings is 5. The molecule has 0 saturated carbocycles. The summed E-state index contributed by atoms with van der Waals surface area (Å²) in [4.78, 5) is 81.6. The summed E-state index contributed by atoms with van der Waals surface area (Å²) >= 11 is 0. The molecule has 5 aromatic carbocycles. The summed E-state index contributed by atoms with van der Waals surface area (Å²) in [5, 5.41) is 5.33. The quantitative estimate of drug-likeness (QED) is 0.110. The van der Waals surface area contributed by atoms with E-state index in [1.807, 2.05) is 0 Å². The summed E-state index contributed by atoms with van der Waals surface area (Å²) in [6.07, 6.45) is 0. The number of fused-ring (bicyclic) bond motifs is 2. The Balaban J connectivity index is 1.39. The molecule has 7 rings (SSSR count). The Hall–Kier alpha value is -5.38. The van der Waals surface area contributed by atoms with Gasteiger partial charge in [-0.1, -0.05) is 24.3 Å². The van der Waals surface area contributed by atoms with Crippen LogP contribution in [0.3, 0.4) is 0 Å². The van der Waals surface area contributed by atoms with E-state index in [9.17, 15) is 28.8 Å². The van der Waals surface area contributed by atoms with Crippen LogP contribution in [0.5, 0.6) is 0 Å². The normalized spacial score (nSPS) is 15.2. The number of esters is 2. The van der Waals surface area contributed by atoms with Gasteiger partial charge < -0.3 is 9.47 Å². The average Bonchev–Trinajstić information content (AvgIpc) is 2.96. The molecule has 0 aliphatic carbocycles. The van der Waals surface area contributed by atoms with E-state index >= 15 is 0 Å². The maximum absolute atomic E-state index is 13.7. The minimum atomic E-state index is -0.780. The summed E-state index contributed by atoms with van der Waals surface area (Å²) in [5.74, 6) is -3.75. The topological polar surface area (TPSA) is 127 Å². The summed E-state index contributed by atoms with van der Waals surface area (Å²) < 4.78 is 10.7. The van der Waals surface area contributed by atoms with Gasteiger partial charge in [0.05, 0.1) is 0 Å². The van der Waals surface area contributed by atoms with Crippen LogP contribution in [0.15, 0.2) is 48.5 Å². The second kappa shape index (κ2) is 9.56. The van der Waals surface area contributed by atoms with Crippen molar-refractivity contribution in [1.82, 2.24) is 9.80 Å². The Kier molecular flexibility index (Phi) is 6.10. The van der Waals surface area contributed by atoms with Gasteiger partial charge in [-0.05, 0) is 98.1 Å². The van der Waals surface area contributed by atoms with E-state index in [1.165, 1.54) is 0 Å². The molecule has 0 aromatic heterocycles. The van der Waals surface area contributed by atoms with E-state index in [2.05, 4.69) is 0 Å². The van der Waals surface area contributed by atoms with Crippen LogP contribution in [0.1, 0.15) is 83.0 Å². The number of imide groups is 2. The first-order chi connectivity index (χ1) is 21.6. The molecule has 0 bridgehead atoms. The third-order valence-corrected chi connectivity index (χ3v) is 8.22. The number of hydrogen-bond donors (Lipinski definition) is 0. The van der Waals surface area contributed by atoms with Gasteiger partial charge in [0.2, 0.25) is 0 Å². The lowest BCUT2D eigenvalue weighted by atomic mass is 9.82. The average molecular weight is 619 g/mol. The van der Waals surface area contributed by atoms with Crippen molar-refractivity contribution in [2.45, 2.75) is 52.7 Å². The minimum Gasteiger partial charge on any atom is -0.459 e. The summed E-state index contributed by atoms with van der Waals surface area (Å²) in [6, 6.07) is 13.7. The van der Waals surface area contributed by atoms with Gasteiger partial charge in [-0.15, -0.1) is 0 Å². The number of nitrogens with zero attached hydrogens (tertiary/aromatic N) is 2. The number of hydrogen-bond acceptors (Lipinski definition) is 8. The molecule has 10 nitrogen and oxygen atoms in total. The van der Waals surface area contributed by atoms with Crippen LogP contribution < -0.4 is 0 Å². The molecule has 10 heteroatoms. The van der Waals surface area contributed by atoms with Crippen molar-refractivity contribution < 1.29 is 38.2 Å². The molecule has 232 valence electrons. The number of amides is 4. The molecule has 2 aliphatic rings. The van der Waals surface area contributed by atoms with Crippen LogP contribution in [-0.4, -0.2) is 69.7 Å². The zero-order valence-corrected chi connectivity index (χ0v) is 26.2. The first kappa shape index (κ1) is 29.3. The zero-order valence-electron chi connectivity index (χ0n) is 26.2. The maximum atomic E-state index is 13.7. The molecule has 0 spiro atoms.